The quantitative estimate of drug-likeness (QED) is 0.814. The van der Waals surface area contributed by atoms with Gasteiger partial charge in [0.15, 0.2) is 5.75 Å². The van der Waals surface area contributed by atoms with E-state index in [1.165, 1.54) is 0 Å². The van der Waals surface area contributed by atoms with Crippen molar-refractivity contribution < 1.29 is 9.47 Å². The fourth-order valence-electron chi connectivity index (χ4n) is 1.96. The molecule has 5 nitrogen and oxygen atoms in total. The molecule has 1 heterocycles. The van der Waals surface area contributed by atoms with Gasteiger partial charge in [-0.15, -0.1) is 0 Å². The van der Waals surface area contributed by atoms with Crippen molar-refractivity contribution in [2.75, 3.05) is 25.1 Å². The first kappa shape index (κ1) is 14.5. The molecular weight excluding hydrogens is 254 g/mol. The predicted octanol–water partition coefficient (Wildman–Crippen LogP) is 3.43. The van der Waals surface area contributed by atoms with Crippen molar-refractivity contribution in [3.05, 3.63) is 12.1 Å². The summed E-state index contributed by atoms with van der Waals surface area (Å²) in [6.45, 7) is 10.4. The standard InChI is InChI=1S/C15H23N3O2/c1-5-19-11-7-12-14(13(8-11)20-6-2)18-15(17-12)16-9-10(3)4/h7-8,10H,5-6,9H2,1-4H3,(H2,16,17,18). The van der Waals surface area contributed by atoms with Crippen LogP contribution in [0.2, 0.25) is 0 Å². The Morgan fingerprint density at radius 3 is 2.60 bits per heavy atom. The number of fused-ring (bicyclic) bond motifs is 1. The molecule has 1 aromatic heterocycles. The van der Waals surface area contributed by atoms with E-state index in [-0.39, 0.29) is 0 Å². The molecule has 110 valence electrons. The summed E-state index contributed by atoms with van der Waals surface area (Å²) >= 11 is 0. The second-order valence-corrected chi connectivity index (χ2v) is 5.04. The maximum atomic E-state index is 5.65. The number of aromatic amines is 1. The van der Waals surface area contributed by atoms with Crippen LogP contribution in [0, 0.1) is 5.92 Å². The fraction of sp³-hybridized carbons (Fsp3) is 0.533. The number of H-pyrrole nitrogens is 1. The van der Waals surface area contributed by atoms with Gasteiger partial charge in [0.25, 0.3) is 0 Å². The van der Waals surface area contributed by atoms with Gasteiger partial charge in [-0.05, 0) is 19.8 Å². The van der Waals surface area contributed by atoms with E-state index in [0.717, 1.165) is 35.0 Å². The molecule has 2 aromatic rings. The zero-order chi connectivity index (χ0) is 14.5. The van der Waals surface area contributed by atoms with Crippen molar-refractivity contribution in [3.63, 3.8) is 0 Å². The molecule has 0 amide bonds. The number of hydrogen-bond donors (Lipinski definition) is 2. The van der Waals surface area contributed by atoms with Crippen molar-refractivity contribution in [2.24, 2.45) is 5.92 Å². The lowest BCUT2D eigenvalue weighted by Gasteiger charge is -2.07. The Kier molecular flexibility index (Phi) is 4.71. The van der Waals surface area contributed by atoms with Crippen LogP contribution in [0.5, 0.6) is 11.5 Å². The summed E-state index contributed by atoms with van der Waals surface area (Å²) in [7, 11) is 0. The smallest absolute Gasteiger partial charge is 0.201 e. The van der Waals surface area contributed by atoms with Gasteiger partial charge in [-0.1, -0.05) is 13.8 Å². The molecular formula is C15H23N3O2. The highest BCUT2D eigenvalue weighted by Crippen LogP contribution is 2.31. The van der Waals surface area contributed by atoms with E-state index < -0.39 is 0 Å². The Morgan fingerprint density at radius 2 is 1.95 bits per heavy atom. The van der Waals surface area contributed by atoms with Crippen molar-refractivity contribution in [2.45, 2.75) is 27.7 Å². The van der Waals surface area contributed by atoms with Crippen molar-refractivity contribution in [1.82, 2.24) is 9.97 Å². The minimum Gasteiger partial charge on any atom is -0.494 e. The average molecular weight is 277 g/mol. The third-order valence-electron chi connectivity index (χ3n) is 2.81. The van der Waals surface area contributed by atoms with Crippen LogP contribution in [-0.4, -0.2) is 29.7 Å². The largest absolute Gasteiger partial charge is 0.494 e. The van der Waals surface area contributed by atoms with Gasteiger partial charge in [0.05, 0.1) is 18.7 Å². The summed E-state index contributed by atoms with van der Waals surface area (Å²) in [4.78, 5) is 7.82. The van der Waals surface area contributed by atoms with Gasteiger partial charge in [0, 0.05) is 18.7 Å². The molecule has 1 aromatic carbocycles. The van der Waals surface area contributed by atoms with Crippen LogP contribution in [0.1, 0.15) is 27.7 Å². The third-order valence-corrected chi connectivity index (χ3v) is 2.81. The molecule has 0 aliphatic carbocycles. The molecule has 0 saturated carbocycles. The summed E-state index contributed by atoms with van der Waals surface area (Å²) in [5.74, 6) is 2.88. The minimum atomic E-state index is 0.563. The van der Waals surface area contributed by atoms with Crippen molar-refractivity contribution in [3.8, 4) is 11.5 Å². The number of rotatable bonds is 7. The monoisotopic (exact) mass is 277 g/mol. The normalized spacial score (nSPS) is 11.1. The van der Waals surface area contributed by atoms with Crippen LogP contribution < -0.4 is 14.8 Å². The van der Waals surface area contributed by atoms with Crippen LogP contribution in [0.25, 0.3) is 11.0 Å². The van der Waals surface area contributed by atoms with E-state index in [1.807, 2.05) is 26.0 Å². The Balaban J connectivity index is 2.34. The SMILES string of the molecule is CCOc1cc(OCC)c2nc(NCC(C)C)[nH]c2c1. The zero-order valence-corrected chi connectivity index (χ0v) is 12.6. The Morgan fingerprint density at radius 1 is 1.20 bits per heavy atom. The van der Waals surface area contributed by atoms with E-state index in [9.17, 15) is 0 Å². The van der Waals surface area contributed by atoms with Crippen molar-refractivity contribution in [1.29, 1.82) is 0 Å². The van der Waals surface area contributed by atoms with Crippen LogP contribution in [0.4, 0.5) is 5.95 Å². The summed E-state index contributed by atoms with van der Waals surface area (Å²) in [6.07, 6.45) is 0. The third kappa shape index (κ3) is 3.35. The Hall–Kier alpha value is -1.91. The summed E-state index contributed by atoms with van der Waals surface area (Å²) < 4.78 is 11.2. The van der Waals surface area contributed by atoms with E-state index >= 15 is 0 Å². The van der Waals surface area contributed by atoms with Gasteiger partial charge in [0.2, 0.25) is 5.95 Å². The summed E-state index contributed by atoms with van der Waals surface area (Å²) in [5, 5.41) is 3.29. The highest BCUT2D eigenvalue weighted by molar-refractivity contribution is 5.85. The number of hydrogen-bond acceptors (Lipinski definition) is 4. The molecule has 0 unspecified atom stereocenters. The second kappa shape index (κ2) is 6.50. The van der Waals surface area contributed by atoms with Crippen LogP contribution >= 0.6 is 0 Å². The van der Waals surface area contributed by atoms with Crippen LogP contribution in [0.3, 0.4) is 0 Å². The van der Waals surface area contributed by atoms with Gasteiger partial charge in [-0.2, -0.15) is 0 Å². The number of nitrogens with one attached hydrogen (secondary N) is 2. The number of ether oxygens (including phenoxy) is 2. The molecule has 2 N–H and O–H groups in total. The van der Waals surface area contributed by atoms with Crippen molar-refractivity contribution >= 4 is 17.0 Å². The molecule has 0 atom stereocenters. The van der Waals surface area contributed by atoms with Gasteiger partial charge >= 0.3 is 0 Å². The molecule has 5 heteroatoms. The number of anilines is 1. The second-order valence-electron chi connectivity index (χ2n) is 5.04. The Labute approximate surface area is 119 Å². The molecule has 0 radical (unpaired) electrons. The minimum absolute atomic E-state index is 0.563. The highest BCUT2D eigenvalue weighted by atomic mass is 16.5. The van der Waals surface area contributed by atoms with Gasteiger partial charge in [-0.25, -0.2) is 4.98 Å². The number of benzene rings is 1. The van der Waals surface area contributed by atoms with E-state index in [2.05, 4.69) is 29.1 Å². The van der Waals surface area contributed by atoms with E-state index in [4.69, 9.17) is 9.47 Å². The number of aromatic nitrogens is 2. The topological polar surface area (TPSA) is 59.2 Å². The molecule has 2 rings (SSSR count). The lowest BCUT2D eigenvalue weighted by atomic mass is 10.2. The molecule has 0 saturated heterocycles. The lowest BCUT2D eigenvalue weighted by molar-refractivity contribution is 0.325. The number of nitrogens with zero attached hydrogens (tertiary/aromatic N) is 1. The average Bonchev–Trinajstić information content (AvgIpc) is 2.80. The van der Waals surface area contributed by atoms with E-state index in [0.29, 0.717) is 19.1 Å². The van der Waals surface area contributed by atoms with E-state index in [1.54, 1.807) is 0 Å². The lowest BCUT2D eigenvalue weighted by Crippen LogP contribution is -2.08. The maximum Gasteiger partial charge on any atom is 0.201 e. The van der Waals surface area contributed by atoms with Gasteiger partial charge in [-0.3, -0.25) is 0 Å². The molecule has 0 spiro atoms. The van der Waals surface area contributed by atoms with Crippen LogP contribution in [0.15, 0.2) is 12.1 Å². The predicted molar refractivity (Wildman–Crippen MR) is 81.8 cm³/mol. The zero-order valence-electron chi connectivity index (χ0n) is 12.6. The van der Waals surface area contributed by atoms with Crippen LogP contribution in [-0.2, 0) is 0 Å². The highest BCUT2D eigenvalue weighted by Gasteiger charge is 2.11. The summed E-state index contributed by atoms with van der Waals surface area (Å²) in [5.41, 5.74) is 1.76. The van der Waals surface area contributed by atoms with Gasteiger partial charge in [0.1, 0.15) is 11.3 Å². The number of imidazole rings is 1. The first-order chi connectivity index (χ1) is 9.63. The fourth-order valence-corrected chi connectivity index (χ4v) is 1.96. The molecule has 0 aliphatic rings. The maximum absolute atomic E-state index is 5.65. The first-order valence-electron chi connectivity index (χ1n) is 7.17. The molecule has 0 fully saturated rings. The van der Waals surface area contributed by atoms with Gasteiger partial charge < -0.3 is 19.8 Å². The Bertz CT molecular complexity index is 563. The molecule has 0 aliphatic heterocycles. The molecule has 0 bridgehead atoms. The first-order valence-corrected chi connectivity index (χ1v) is 7.17. The summed E-state index contributed by atoms with van der Waals surface area (Å²) in [6, 6.07) is 3.84. The molecule has 20 heavy (non-hydrogen) atoms.